The van der Waals surface area contributed by atoms with Crippen molar-refractivity contribution in [3.8, 4) is 39.9 Å². The van der Waals surface area contributed by atoms with E-state index < -0.39 is 42.3 Å². The van der Waals surface area contributed by atoms with E-state index in [0.717, 1.165) is 16.4 Å². The highest BCUT2D eigenvalue weighted by molar-refractivity contribution is 6.10. The van der Waals surface area contributed by atoms with Gasteiger partial charge < -0.3 is 4.42 Å². The number of rotatable bonds is 4. The van der Waals surface area contributed by atoms with Crippen LogP contribution in [0.4, 0.5) is 0 Å². The van der Waals surface area contributed by atoms with Crippen LogP contribution in [0.5, 0.6) is 0 Å². The van der Waals surface area contributed by atoms with E-state index in [2.05, 4.69) is 0 Å². The minimum atomic E-state index is -0.518. The van der Waals surface area contributed by atoms with Gasteiger partial charge in [0.05, 0.1) is 23.4 Å². The molecular formula is C39H24N4O. The zero-order valence-corrected chi connectivity index (χ0v) is 22.9. The van der Waals surface area contributed by atoms with E-state index in [0.29, 0.717) is 39.3 Å². The highest BCUT2D eigenvalue weighted by atomic mass is 16.3. The Morgan fingerprint density at radius 1 is 0.477 bits per heavy atom. The van der Waals surface area contributed by atoms with Crippen LogP contribution in [0.25, 0.3) is 83.6 Å². The fourth-order valence-electron chi connectivity index (χ4n) is 5.65. The van der Waals surface area contributed by atoms with Gasteiger partial charge in [0.25, 0.3) is 0 Å². The molecule has 0 N–H and O–H groups in total. The summed E-state index contributed by atoms with van der Waals surface area (Å²) in [6.45, 7) is 0. The predicted molar refractivity (Wildman–Crippen MR) is 178 cm³/mol. The molecule has 5 nitrogen and oxygen atoms in total. The molecule has 0 bridgehead atoms. The first-order chi connectivity index (χ1) is 25.5. The Kier molecular flexibility index (Phi) is 3.80. The van der Waals surface area contributed by atoms with Crippen LogP contribution in [0.15, 0.2) is 150 Å². The maximum absolute atomic E-state index is 9.08. The normalized spacial score (nSPS) is 14.5. The average Bonchev–Trinajstić information content (AvgIpc) is 3.73. The SMILES string of the molecule is [2H]c1c([2H])c([2H])c(-c2ccc3c(c2)c2c([2H])c([2H])c([2H])c([2H])c2n3-c2nc(-c3ccccc3)nc(-c3ccc4oc5ccccc5c4c3)n2)c([2H])c1[2H]. The summed E-state index contributed by atoms with van der Waals surface area (Å²) in [4.78, 5) is 14.7. The van der Waals surface area contributed by atoms with Gasteiger partial charge in [-0.1, -0.05) is 103 Å². The Bertz CT molecular complexity index is 2990. The molecule has 5 heteroatoms. The minimum Gasteiger partial charge on any atom is -0.456 e. The van der Waals surface area contributed by atoms with Crippen LogP contribution in [0.3, 0.4) is 0 Å². The molecule has 0 spiro atoms. The number of nitrogens with zero attached hydrogens (tertiary/aromatic N) is 4. The van der Waals surface area contributed by atoms with Gasteiger partial charge in [0.1, 0.15) is 11.2 Å². The highest BCUT2D eigenvalue weighted by Gasteiger charge is 2.19. The lowest BCUT2D eigenvalue weighted by molar-refractivity contribution is 0.669. The highest BCUT2D eigenvalue weighted by Crippen LogP contribution is 2.36. The van der Waals surface area contributed by atoms with Crippen molar-refractivity contribution >= 4 is 43.7 Å². The third-order valence-electron chi connectivity index (χ3n) is 7.68. The Morgan fingerprint density at radius 3 is 2.07 bits per heavy atom. The first kappa shape index (κ1) is 17.1. The number of benzene rings is 6. The molecule has 9 rings (SSSR count). The molecule has 6 aromatic carbocycles. The Balaban J connectivity index is 1.37. The van der Waals surface area contributed by atoms with E-state index in [1.807, 2.05) is 72.8 Å². The van der Waals surface area contributed by atoms with Crippen molar-refractivity contribution < 1.29 is 16.8 Å². The molecular weight excluding hydrogens is 540 g/mol. The number of hydrogen-bond donors (Lipinski definition) is 0. The van der Waals surface area contributed by atoms with Crippen molar-refractivity contribution in [1.82, 2.24) is 19.5 Å². The van der Waals surface area contributed by atoms with Crippen molar-refractivity contribution in [2.24, 2.45) is 0 Å². The van der Waals surface area contributed by atoms with E-state index in [4.69, 9.17) is 31.7 Å². The predicted octanol–water partition coefficient (Wildman–Crippen LogP) is 9.87. The van der Waals surface area contributed by atoms with Crippen LogP contribution < -0.4 is 0 Å². The van der Waals surface area contributed by atoms with Gasteiger partial charge in [0.2, 0.25) is 5.95 Å². The second-order valence-corrected chi connectivity index (χ2v) is 10.2. The van der Waals surface area contributed by atoms with Gasteiger partial charge in [-0.15, -0.1) is 0 Å². The average molecular weight is 574 g/mol. The summed E-state index contributed by atoms with van der Waals surface area (Å²) >= 11 is 0. The lowest BCUT2D eigenvalue weighted by Crippen LogP contribution is -2.06. The first-order valence-electron chi connectivity index (χ1n) is 18.4. The molecule has 0 aliphatic rings. The molecule has 0 radical (unpaired) electrons. The van der Waals surface area contributed by atoms with Crippen LogP contribution >= 0.6 is 0 Å². The Labute approximate surface area is 265 Å². The summed E-state index contributed by atoms with van der Waals surface area (Å²) in [6, 6.07) is 23.7. The van der Waals surface area contributed by atoms with Crippen LogP contribution in [0.1, 0.15) is 12.3 Å². The standard InChI is InChI=1S/C39H24N4O/c1-3-11-25(12-4-1)27-19-21-34-31(23-27)29-15-7-9-17-33(29)43(34)39-41-37(26-13-5-2-6-14-26)40-38(42-39)28-20-22-36-32(24-28)30-16-8-10-18-35(30)44-36/h1-24H/i1D,3D,4D,7D,9D,11D,12D,15D,17D. The van der Waals surface area contributed by atoms with Gasteiger partial charge in [-0.25, -0.2) is 4.98 Å². The third kappa shape index (κ3) is 3.91. The zero-order chi connectivity index (χ0) is 36.9. The topological polar surface area (TPSA) is 56.7 Å². The van der Waals surface area contributed by atoms with Crippen LogP contribution in [0.2, 0.25) is 0 Å². The molecule has 0 unspecified atom stereocenters. The molecule has 9 aromatic rings. The first-order valence-corrected chi connectivity index (χ1v) is 13.9. The van der Waals surface area contributed by atoms with Crippen LogP contribution in [-0.4, -0.2) is 19.5 Å². The van der Waals surface area contributed by atoms with E-state index in [1.54, 1.807) is 22.8 Å². The molecule has 3 aromatic heterocycles. The van der Waals surface area contributed by atoms with E-state index in [9.17, 15) is 0 Å². The van der Waals surface area contributed by atoms with Crippen molar-refractivity contribution in [1.29, 1.82) is 0 Å². The van der Waals surface area contributed by atoms with Gasteiger partial charge in [-0.05, 0) is 53.6 Å². The Hall–Kier alpha value is -6.07. The van der Waals surface area contributed by atoms with E-state index in [-0.39, 0.29) is 40.1 Å². The smallest absolute Gasteiger partial charge is 0.238 e. The molecule has 0 aliphatic carbocycles. The second kappa shape index (κ2) is 9.75. The molecule has 0 atom stereocenters. The summed E-state index contributed by atoms with van der Waals surface area (Å²) in [7, 11) is 0. The van der Waals surface area contributed by atoms with Crippen LogP contribution in [-0.2, 0) is 0 Å². The molecule has 0 saturated carbocycles. The van der Waals surface area contributed by atoms with Gasteiger partial charge in [-0.3, -0.25) is 4.57 Å². The van der Waals surface area contributed by atoms with Gasteiger partial charge >= 0.3 is 0 Å². The molecule has 44 heavy (non-hydrogen) atoms. The lowest BCUT2D eigenvalue weighted by atomic mass is 10.0. The summed E-state index contributed by atoms with van der Waals surface area (Å²) in [5, 5.41) is 2.31. The molecule has 0 fully saturated rings. The van der Waals surface area contributed by atoms with E-state index >= 15 is 0 Å². The molecule has 3 heterocycles. The maximum Gasteiger partial charge on any atom is 0.238 e. The number of furan rings is 1. The molecule has 0 saturated heterocycles. The summed E-state index contributed by atoms with van der Waals surface area (Å²) < 4.78 is 84.5. The summed E-state index contributed by atoms with van der Waals surface area (Å²) in [6.07, 6.45) is 0. The molecule has 0 amide bonds. The Morgan fingerprint density at radius 2 is 1.18 bits per heavy atom. The van der Waals surface area contributed by atoms with Crippen molar-refractivity contribution in [2.75, 3.05) is 0 Å². The number of para-hydroxylation sites is 2. The van der Waals surface area contributed by atoms with Crippen molar-refractivity contribution in [2.45, 2.75) is 0 Å². The number of aromatic nitrogens is 4. The second-order valence-electron chi connectivity index (χ2n) is 10.2. The largest absolute Gasteiger partial charge is 0.456 e. The van der Waals surface area contributed by atoms with Gasteiger partial charge in [0.15, 0.2) is 11.6 Å². The summed E-state index contributed by atoms with van der Waals surface area (Å²) in [5.41, 5.74) is 3.56. The minimum absolute atomic E-state index is 0.0318. The summed E-state index contributed by atoms with van der Waals surface area (Å²) in [5.74, 6) is 0.730. The monoisotopic (exact) mass is 573 g/mol. The fraction of sp³-hybridized carbons (Fsp3) is 0. The maximum atomic E-state index is 9.08. The number of fused-ring (bicyclic) bond motifs is 6. The van der Waals surface area contributed by atoms with Gasteiger partial charge in [-0.2, -0.15) is 9.97 Å². The van der Waals surface area contributed by atoms with E-state index in [1.165, 1.54) is 0 Å². The van der Waals surface area contributed by atoms with Crippen molar-refractivity contribution in [3.63, 3.8) is 0 Å². The molecule has 0 aliphatic heterocycles. The zero-order valence-electron chi connectivity index (χ0n) is 31.9. The lowest BCUT2D eigenvalue weighted by Gasteiger charge is -2.11. The van der Waals surface area contributed by atoms with Crippen LogP contribution in [0, 0.1) is 0 Å². The molecule has 206 valence electrons. The van der Waals surface area contributed by atoms with Crippen molar-refractivity contribution in [3.05, 3.63) is 145 Å². The fourth-order valence-corrected chi connectivity index (χ4v) is 5.65. The number of hydrogen-bond acceptors (Lipinski definition) is 4. The third-order valence-corrected chi connectivity index (χ3v) is 7.68. The quantitative estimate of drug-likeness (QED) is 0.210. The van der Waals surface area contributed by atoms with Gasteiger partial charge in [0, 0.05) is 32.7 Å².